The van der Waals surface area contributed by atoms with E-state index >= 15 is 0 Å². The minimum absolute atomic E-state index is 0.00885. The van der Waals surface area contributed by atoms with Crippen LogP contribution in [0.1, 0.15) is 0 Å². The molecule has 0 saturated carbocycles. The molecule has 0 atom stereocenters. The van der Waals surface area contributed by atoms with Gasteiger partial charge in [-0.15, -0.1) is 0 Å². The van der Waals surface area contributed by atoms with Crippen LogP contribution in [0.25, 0.3) is 22.2 Å². The quantitative estimate of drug-likeness (QED) is 0.717. The molecule has 2 aromatic carbocycles. The molecule has 0 unspecified atom stereocenters. The summed E-state index contributed by atoms with van der Waals surface area (Å²) in [6, 6.07) is 10.8. The number of fused-ring (bicyclic) bond motifs is 1. The Labute approximate surface area is 144 Å². The van der Waals surface area contributed by atoms with Crippen molar-refractivity contribution < 1.29 is 18.0 Å². The van der Waals surface area contributed by atoms with Gasteiger partial charge in [0.05, 0.1) is 11.2 Å². The fourth-order valence-electron chi connectivity index (χ4n) is 2.28. The van der Waals surface area contributed by atoms with E-state index in [1.807, 2.05) is 0 Å². The van der Waals surface area contributed by atoms with Crippen molar-refractivity contribution in [2.75, 3.05) is 11.1 Å². The highest BCUT2D eigenvalue weighted by molar-refractivity contribution is 6.31. The van der Waals surface area contributed by atoms with Gasteiger partial charge in [0.1, 0.15) is 0 Å². The number of halogens is 4. The van der Waals surface area contributed by atoms with Crippen LogP contribution in [0, 0.1) is 0 Å². The standard InChI is InChI=1S/C16H10ClF3N4O/c17-9-4-5-12-11(7-9)13(24-15(21)23-12)8-2-1-3-10(6-8)22-14(25)16(18,19)20/h1-7H,(H,22,25)(H2,21,23,24). The van der Waals surface area contributed by atoms with E-state index in [-0.39, 0.29) is 11.6 Å². The topological polar surface area (TPSA) is 80.9 Å². The second kappa shape index (κ2) is 6.21. The Morgan fingerprint density at radius 1 is 1.12 bits per heavy atom. The van der Waals surface area contributed by atoms with Crippen LogP contribution in [0.5, 0.6) is 0 Å². The molecule has 25 heavy (non-hydrogen) atoms. The lowest BCUT2D eigenvalue weighted by Crippen LogP contribution is -2.29. The van der Waals surface area contributed by atoms with Gasteiger partial charge in [0.15, 0.2) is 0 Å². The molecular weight excluding hydrogens is 357 g/mol. The fraction of sp³-hybridized carbons (Fsp3) is 0.0625. The van der Waals surface area contributed by atoms with Crippen molar-refractivity contribution in [2.45, 2.75) is 6.18 Å². The molecule has 0 spiro atoms. The smallest absolute Gasteiger partial charge is 0.368 e. The molecule has 5 nitrogen and oxygen atoms in total. The molecule has 128 valence electrons. The maximum atomic E-state index is 12.4. The molecule has 1 amide bonds. The zero-order chi connectivity index (χ0) is 18.2. The Kier molecular flexibility index (Phi) is 4.22. The van der Waals surface area contributed by atoms with Crippen molar-refractivity contribution in [1.29, 1.82) is 0 Å². The lowest BCUT2D eigenvalue weighted by Gasteiger charge is -2.11. The van der Waals surface area contributed by atoms with E-state index < -0.39 is 12.1 Å². The molecule has 0 fully saturated rings. The van der Waals surface area contributed by atoms with Crippen LogP contribution in [0.4, 0.5) is 24.8 Å². The van der Waals surface area contributed by atoms with E-state index in [9.17, 15) is 18.0 Å². The van der Waals surface area contributed by atoms with E-state index in [1.54, 1.807) is 29.6 Å². The monoisotopic (exact) mass is 366 g/mol. The van der Waals surface area contributed by atoms with Crippen LogP contribution < -0.4 is 11.1 Å². The van der Waals surface area contributed by atoms with Gasteiger partial charge in [0, 0.05) is 21.7 Å². The highest BCUT2D eigenvalue weighted by atomic mass is 35.5. The SMILES string of the molecule is Nc1nc(-c2cccc(NC(=O)C(F)(F)F)c2)c2cc(Cl)ccc2n1. The average molecular weight is 367 g/mol. The number of rotatable bonds is 2. The highest BCUT2D eigenvalue weighted by Gasteiger charge is 2.38. The van der Waals surface area contributed by atoms with Gasteiger partial charge in [0.2, 0.25) is 5.95 Å². The van der Waals surface area contributed by atoms with Crippen LogP contribution in [0.15, 0.2) is 42.5 Å². The molecule has 1 heterocycles. The number of carbonyl (C=O) groups is 1. The lowest BCUT2D eigenvalue weighted by atomic mass is 10.1. The summed E-state index contributed by atoms with van der Waals surface area (Å²) in [7, 11) is 0. The average Bonchev–Trinajstić information content (AvgIpc) is 2.54. The lowest BCUT2D eigenvalue weighted by molar-refractivity contribution is -0.167. The number of anilines is 2. The summed E-state index contributed by atoms with van der Waals surface area (Å²) in [5.74, 6) is -2.05. The molecular formula is C16H10ClF3N4O. The predicted octanol–water partition coefficient (Wildman–Crippen LogP) is 4.03. The first-order chi connectivity index (χ1) is 11.7. The number of benzene rings is 2. The number of carbonyl (C=O) groups excluding carboxylic acids is 1. The molecule has 0 aliphatic carbocycles. The number of nitrogen functional groups attached to an aromatic ring is 1. The van der Waals surface area contributed by atoms with Gasteiger partial charge < -0.3 is 11.1 Å². The molecule has 0 saturated heterocycles. The molecule has 0 aliphatic heterocycles. The zero-order valence-electron chi connectivity index (χ0n) is 12.4. The molecule has 3 N–H and O–H groups in total. The molecule has 0 aliphatic rings. The number of hydrogen-bond donors (Lipinski definition) is 2. The number of hydrogen-bond acceptors (Lipinski definition) is 4. The number of amides is 1. The van der Waals surface area contributed by atoms with Gasteiger partial charge in [0.25, 0.3) is 0 Å². The molecule has 1 aromatic heterocycles. The zero-order valence-corrected chi connectivity index (χ0v) is 13.2. The summed E-state index contributed by atoms with van der Waals surface area (Å²) in [4.78, 5) is 19.3. The van der Waals surface area contributed by atoms with Crippen molar-refractivity contribution in [3.63, 3.8) is 0 Å². The number of nitrogens with zero attached hydrogens (tertiary/aromatic N) is 2. The predicted molar refractivity (Wildman–Crippen MR) is 89.1 cm³/mol. The van der Waals surface area contributed by atoms with Crippen molar-refractivity contribution in [3.05, 3.63) is 47.5 Å². The van der Waals surface area contributed by atoms with Crippen molar-refractivity contribution in [2.24, 2.45) is 0 Å². The molecule has 9 heteroatoms. The van der Waals surface area contributed by atoms with Gasteiger partial charge in [-0.3, -0.25) is 4.79 Å². The first-order valence-corrected chi connectivity index (χ1v) is 7.33. The third-order valence-corrected chi connectivity index (χ3v) is 3.56. The summed E-state index contributed by atoms with van der Waals surface area (Å²) in [6.07, 6.45) is -4.98. The number of nitrogens with one attached hydrogen (secondary N) is 1. The molecule has 0 radical (unpaired) electrons. The molecule has 3 rings (SSSR count). The van der Waals surface area contributed by atoms with Crippen LogP contribution in [0.2, 0.25) is 5.02 Å². The Morgan fingerprint density at radius 2 is 1.88 bits per heavy atom. The Morgan fingerprint density at radius 3 is 2.60 bits per heavy atom. The largest absolute Gasteiger partial charge is 0.471 e. The highest BCUT2D eigenvalue weighted by Crippen LogP contribution is 2.30. The summed E-state index contributed by atoms with van der Waals surface area (Å²) >= 11 is 6.00. The third kappa shape index (κ3) is 3.63. The van der Waals surface area contributed by atoms with E-state index in [4.69, 9.17) is 17.3 Å². The summed E-state index contributed by atoms with van der Waals surface area (Å²) in [5, 5.41) is 2.83. The number of alkyl halides is 3. The van der Waals surface area contributed by atoms with Crippen molar-refractivity contribution in [1.82, 2.24) is 9.97 Å². The van der Waals surface area contributed by atoms with Crippen molar-refractivity contribution in [3.8, 4) is 11.3 Å². The Hall–Kier alpha value is -2.87. The van der Waals surface area contributed by atoms with Crippen LogP contribution in [-0.4, -0.2) is 22.1 Å². The summed E-state index contributed by atoms with van der Waals surface area (Å²) in [5.41, 5.74) is 7.08. The fourth-order valence-corrected chi connectivity index (χ4v) is 2.46. The molecule has 0 bridgehead atoms. The minimum Gasteiger partial charge on any atom is -0.368 e. The minimum atomic E-state index is -4.98. The summed E-state index contributed by atoms with van der Waals surface area (Å²) in [6.45, 7) is 0. The van der Waals surface area contributed by atoms with E-state index in [2.05, 4.69) is 9.97 Å². The van der Waals surface area contributed by atoms with Crippen LogP contribution in [0.3, 0.4) is 0 Å². The Bertz CT molecular complexity index is 975. The second-order valence-corrected chi connectivity index (χ2v) is 5.56. The Balaban J connectivity index is 2.08. The first-order valence-electron chi connectivity index (χ1n) is 6.95. The van der Waals surface area contributed by atoms with Crippen molar-refractivity contribution >= 4 is 40.0 Å². The maximum Gasteiger partial charge on any atom is 0.471 e. The van der Waals surface area contributed by atoms with Gasteiger partial charge >= 0.3 is 12.1 Å². The first kappa shape index (κ1) is 17.0. The van der Waals surface area contributed by atoms with Crippen LogP contribution in [-0.2, 0) is 4.79 Å². The van der Waals surface area contributed by atoms with E-state index in [1.165, 1.54) is 18.2 Å². The van der Waals surface area contributed by atoms with Gasteiger partial charge in [-0.25, -0.2) is 9.97 Å². The maximum absolute atomic E-state index is 12.4. The number of nitrogens with two attached hydrogens (primary N) is 1. The van der Waals surface area contributed by atoms with Gasteiger partial charge in [-0.05, 0) is 30.3 Å². The van der Waals surface area contributed by atoms with Gasteiger partial charge in [-0.2, -0.15) is 13.2 Å². The number of aromatic nitrogens is 2. The van der Waals surface area contributed by atoms with E-state index in [0.29, 0.717) is 27.2 Å². The van der Waals surface area contributed by atoms with Gasteiger partial charge in [-0.1, -0.05) is 23.7 Å². The second-order valence-electron chi connectivity index (χ2n) is 5.12. The normalized spacial score (nSPS) is 11.5. The third-order valence-electron chi connectivity index (χ3n) is 3.33. The summed E-state index contributed by atoms with van der Waals surface area (Å²) < 4.78 is 37.2. The van der Waals surface area contributed by atoms with Crippen LogP contribution >= 0.6 is 11.6 Å². The van der Waals surface area contributed by atoms with E-state index in [0.717, 1.165) is 0 Å². The molecule has 3 aromatic rings.